The van der Waals surface area contributed by atoms with E-state index in [1.165, 1.54) is 18.0 Å². The summed E-state index contributed by atoms with van der Waals surface area (Å²) in [7, 11) is 0. The molecule has 1 aliphatic heterocycles. The van der Waals surface area contributed by atoms with Crippen molar-refractivity contribution < 1.29 is 33.8 Å². The molecular formula is C34H48N6O7. The van der Waals surface area contributed by atoms with Gasteiger partial charge in [0.1, 0.15) is 24.0 Å². The number of ether oxygens (including phenoxy) is 1. The minimum atomic E-state index is -1.34. The third-order valence-electron chi connectivity index (χ3n) is 7.86. The summed E-state index contributed by atoms with van der Waals surface area (Å²) in [6.45, 7) is 11.0. The lowest BCUT2D eigenvalue weighted by Gasteiger charge is -2.34. The maximum Gasteiger partial charge on any atom is 0.322 e. The molecule has 2 heterocycles. The van der Waals surface area contributed by atoms with Gasteiger partial charge in [0.25, 0.3) is 5.91 Å². The van der Waals surface area contributed by atoms with Gasteiger partial charge in [-0.3, -0.25) is 39.7 Å². The van der Waals surface area contributed by atoms with Crippen LogP contribution in [0.25, 0.3) is 17.0 Å². The molecule has 1 aromatic carbocycles. The number of hydrazine groups is 1. The van der Waals surface area contributed by atoms with Crippen LogP contribution in [0, 0.1) is 17.8 Å². The number of carbonyl (C=O) groups excluding carboxylic acids is 4. The van der Waals surface area contributed by atoms with Gasteiger partial charge >= 0.3 is 11.9 Å². The predicted octanol–water partition coefficient (Wildman–Crippen LogP) is 2.53. The second kappa shape index (κ2) is 17.0. The zero-order valence-corrected chi connectivity index (χ0v) is 28.0. The zero-order chi connectivity index (χ0) is 34.8. The van der Waals surface area contributed by atoms with E-state index in [2.05, 4.69) is 21.0 Å². The van der Waals surface area contributed by atoms with Crippen LogP contribution in [0.3, 0.4) is 0 Å². The first-order chi connectivity index (χ1) is 22.2. The number of aliphatic carboxylic acids is 1. The number of rotatable bonds is 14. The molecule has 0 saturated carbocycles. The van der Waals surface area contributed by atoms with Gasteiger partial charge in [0.05, 0.1) is 5.52 Å². The Morgan fingerprint density at radius 3 is 2.43 bits per heavy atom. The second-order valence-corrected chi connectivity index (χ2v) is 12.7. The van der Waals surface area contributed by atoms with Crippen molar-refractivity contribution in [3.63, 3.8) is 0 Å². The standard InChI is InChI=1S/C34H48N6O7/c1-7-24-14-13-23-12-10-22(18-27(23)37-24)11-15-25(30(35)47-28(41)17-19(2)3)31(42)38-29(20(4)5)32(43)36-21(6)33(44)40-16-8-9-26(39-40)34(45)46/h10-15,18-21,25-26,29-30,39H,7-9,16-17,35H2,1-6H3,(H,36,43)(H,38,42)(H,45,46)/b15-11+/t21?,25-,26?,29?,30?/m1/s1. The Hall–Kier alpha value is -4.36. The number of amides is 3. The number of nitrogens with two attached hydrogens (primary N) is 1. The molecule has 2 aromatic rings. The van der Waals surface area contributed by atoms with E-state index in [-0.39, 0.29) is 12.3 Å². The van der Waals surface area contributed by atoms with Crippen LogP contribution in [-0.4, -0.2) is 75.7 Å². The van der Waals surface area contributed by atoms with Crippen molar-refractivity contribution in [2.45, 2.75) is 91.6 Å². The number of hydrogen-bond acceptors (Lipinski definition) is 9. The largest absolute Gasteiger partial charge is 0.480 e. The summed E-state index contributed by atoms with van der Waals surface area (Å²) < 4.78 is 5.44. The molecule has 0 bridgehead atoms. The van der Waals surface area contributed by atoms with E-state index in [9.17, 15) is 29.1 Å². The van der Waals surface area contributed by atoms with Crippen LogP contribution in [0.1, 0.15) is 72.1 Å². The van der Waals surface area contributed by atoms with Crippen LogP contribution in [-0.2, 0) is 35.1 Å². The minimum absolute atomic E-state index is 0.0181. The maximum atomic E-state index is 13.7. The monoisotopic (exact) mass is 652 g/mol. The van der Waals surface area contributed by atoms with E-state index in [4.69, 9.17) is 10.5 Å². The van der Waals surface area contributed by atoms with E-state index in [1.807, 2.05) is 51.1 Å². The summed E-state index contributed by atoms with van der Waals surface area (Å²) in [5.74, 6) is -4.91. The van der Waals surface area contributed by atoms with Crippen LogP contribution in [0.15, 0.2) is 36.4 Å². The predicted molar refractivity (Wildman–Crippen MR) is 177 cm³/mol. The lowest BCUT2D eigenvalue weighted by molar-refractivity contribution is -0.153. The van der Waals surface area contributed by atoms with Crippen LogP contribution in [0.5, 0.6) is 0 Å². The molecule has 3 rings (SSSR count). The van der Waals surface area contributed by atoms with Crippen LogP contribution in [0.4, 0.5) is 0 Å². The lowest BCUT2D eigenvalue weighted by atomic mass is 9.99. The number of esters is 1. The first kappa shape index (κ1) is 37.1. The van der Waals surface area contributed by atoms with Crippen molar-refractivity contribution in [3.8, 4) is 0 Å². The minimum Gasteiger partial charge on any atom is -0.480 e. The molecule has 13 nitrogen and oxygen atoms in total. The number of carboxylic acids is 1. The average Bonchev–Trinajstić information content (AvgIpc) is 3.02. The number of pyridine rings is 1. The summed E-state index contributed by atoms with van der Waals surface area (Å²) in [4.78, 5) is 68.7. The van der Waals surface area contributed by atoms with E-state index < -0.39 is 65.8 Å². The van der Waals surface area contributed by atoms with Gasteiger partial charge in [-0.15, -0.1) is 0 Å². The van der Waals surface area contributed by atoms with Crippen LogP contribution >= 0.6 is 0 Å². The number of aromatic nitrogens is 1. The van der Waals surface area contributed by atoms with Gasteiger partial charge < -0.3 is 20.5 Å². The number of carboxylic acid groups (broad SMARTS) is 1. The van der Waals surface area contributed by atoms with Crippen molar-refractivity contribution in [1.82, 2.24) is 26.1 Å². The van der Waals surface area contributed by atoms with Crippen LogP contribution < -0.4 is 21.8 Å². The molecule has 5 atom stereocenters. The normalized spacial score (nSPS) is 17.7. The Morgan fingerprint density at radius 1 is 1.09 bits per heavy atom. The number of fused-ring (bicyclic) bond motifs is 1. The third-order valence-corrected chi connectivity index (χ3v) is 7.86. The Labute approximate surface area is 275 Å². The average molecular weight is 653 g/mol. The van der Waals surface area contributed by atoms with Crippen LogP contribution in [0.2, 0.25) is 0 Å². The quantitative estimate of drug-likeness (QED) is 0.150. The fourth-order valence-corrected chi connectivity index (χ4v) is 5.15. The molecule has 3 amide bonds. The topological polar surface area (TPSA) is 193 Å². The highest BCUT2D eigenvalue weighted by Crippen LogP contribution is 2.19. The SMILES string of the molecule is CCc1ccc2ccc(/C=C/[C@@H](C(=O)NC(C(=O)NC(C)C(=O)N3CCCC(C(=O)O)N3)C(C)C)C(N)OC(=O)CC(C)C)cc2n1. The van der Waals surface area contributed by atoms with Gasteiger partial charge in [0, 0.05) is 24.0 Å². The number of nitrogens with one attached hydrogen (secondary N) is 3. The number of carbonyl (C=O) groups is 5. The molecule has 47 heavy (non-hydrogen) atoms. The van der Waals surface area contributed by atoms with E-state index in [0.717, 1.165) is 28.6 Å². The first-order valence-corrected chi connectivity index (χ1v) is 16.1. The van der Waals surface area contributed by atoms with Gasteiger partial charge in [-0.05, 0) is 55.7 Å². The highest BCUT2D eigenvalue weighted by Gasteiger charge is 2.34. The highest BCUT2D eigenvalue weighted by atomic mass is 16.6. The number of nitrogens with zero attached hydrogens (tertiary/aromatic N) is 2. The number of hydrogen-bond donors (Lipinski definition) is 5. The number of benzene rings is 1. The molecule has 0 spiro atoms. The van der Waals surface area contributed by atoms with Gasteiger partial charge in [0.15, 0.2) is 6.23 Å². The fraction of sp³-hybridized carbons (Fsp3) is 0.529. The van der Waals surface area contributed by atoms with Crippen molar-refractivity contribution in [2.24, 2.45) is 23.5 Å². The van der Waals surface area contributed by atoms with Crippen molar-refractivity contribution in [1.29, 1.82) is 0 Å². The summed E-state index contributed by atoms with van der Waals surface area (Å²) in [6.07, 6.45) is 3.66. The molecule has 4 unspecified atom stereocenters. The highest BCUT2D eigenvalue weighted by molar-refractivity contribution is 5.93. The van der Waals surface area contributed by atoms with Crippen molar-refractivity contribution >= 4 is 46.6 Å². The third kappa shape index (κ3) is 10.6. The molecule has 13 heteroatoms. The smallest absolute Gasteiger partial charge is 0.322 e. The van der Waals surface area contributed by atoms with E-state index in [1.54, 1.807) is 19.9 Å². The number of aryl methyl sites for hydroxylation is 1. The molecule has 1 aromatic heterocycles. The summed E-state index contributed by atoms with van der Waals surface area (Å²) in [5.41, 5.74) is 11.5. The molecule has 6 N–H and O–H groups in total. The molecule has 1 aliphatic rings. The molecule has 0 radical (unpaired) electrons. The van der Waals surface area contributed by atoms with E-state index in [0.29, 0.717) is 19.4 Å². The fourth-order valence-electron chi connectivity index (χ4n) is 5.15. The molecule has 1 saturated heterocycles. The van der Waals surface area contributed by atoms with Gasteiger partial charge in [0.2, 0.25) is 11.8 Å². The summed E-state index contributed by atoms with van der Waals surface area (Å²) in [5, 5.41) is 16.9. The molecular weight excluding hydrogens is 604 g/mol. The molecule has 1 fully saturated rings. The van der Waals surface area contributed by atoms with Gasteiger partial charge in [-0.2, -0.15) is 0 Å². The Kier molecular flexibility index (Phi) is 13.4. The van der Waals surface area contributed by atoms with Gasteiger partial charge in [-0.25, -0.2) is 5.43 Å². The Morgan fingerprint density at radius 2 is 1.79 bits per heavy atom. The van der Waals surface area contributed by atoms with Crippen molar-refractivity contribution in [2.75, 3.05) is 6.54 Å². The van der Waals surface area contributed by atoms with Gasteiger partial charge in [-0.1, -0.05) is 65.0 Å². The van der Waals surface area contributed by atoms with Crippen molar-refractivity contribution in [3.05, 3.63) is 47.7 Å². The zero-order valence-electron chi connectivity index (χ0n) is 28.0. The lowest BCUT2D eigenvalue weighted by Crippen LogP contribution is -2.61. The molecule has 0 aliphatic carbocycles. The summed E-state index contributed by atoms with van der Waals surface area (Å²) in [6, 6.07) is 6.67. The Balaban J connectivity index is 1.79. The first-order valence-electron chi connectivity index (χ1n) is 16.1. The van der Waals surface area contributed by atoms with E-state index >= 15 is 0 Å². The maximum absolute atomic E-state index is 13.7. The summed E-state index contributed by atoms with van der Waals surface area (Å²) >= 11 is 0. The second-order valence-electron chi connectivity index (χ2n) is 12.7. The molecule has 256 valence electrons. The Bertz CT molecular complexity index is 1480.